The van der Waals surface area contributed by atoms with Crippen molar-refractivity contribution in [2.24, 2.45) is 0 Å². The minimum atomic E-state index is -0.0870. The molecular weight excluding hydrogens is 248 g/mol. The molecule has 1 aromatic carbocycles. The number of benzene rings is 1. The van der Waals surface area contributed by atoms with Crippen LogP contribution in [-0.2, 0) is 0 Å². The average molecular weight is 267 g/mol. The first kappa shape index (κ1) is 13.2. The van der Waals surface area contributed by atoms with E-state index < -0.39 is 0 Å². The third-order valence-corrected chi connectivity index (χ3v) is 3.68. The van der Waals surface area contributed by atoms with Crippen LogP contribution < -0.4 is 11.1 Å². The van der Waals surface area contributed by atoms with E-state index in [0.717, 1.165) is 12.8 Å². The zero-order chi connectivity index (χ0) is 13.0. The smallest absolute Gasteiger partial charge is 0.253 e. The molecule has 0 atom stereocenters. The van der Waals surface area contributed by atoms with E-state index in [1.165, 1.54) is 25.7 Å². The number of nitrogen functional groups attached to an aromatic ring is 1. The number of carbonyl (C=O) groups excluding carboxylic acids is 1. The zero-order valence-electron chi connectivity index (χ0n) is 10.4. The molecule has 0 unspecified atom stereocenters. The van der Waals surface area contributed by atoms with E-state index in [2.05, 4.69) is 5.32 Å². The van der Waals surface area contributed by atoms with Crippen LogP contribution in [0, 0.1) is 0 Å². The molecule has 0 radical (unpaired) electrons. The first-order valence-electron chi connectivity index (χ1n) is 6.52. The maximum Gasteiger partial charge on any atom is 0.253 e. The fraction of sp³-hybridized carbons (Fsp3) is 0.500. The van der Waals surface area contributed by atoms with Crippen molar-refractivity contribution in [1.29, 1.82) is 0 Å². The van der Waals surface area contributed by atoms with Gasteiger partial charge in [-0.1, -0.05) is 37.3 Å². The van der Waals surface area contributed by atoms with E-state index >= 15 is 0 Å². The molecule has 1 amide bonds. The van der Waals surface area contributed by atoms with Crippen molar-refractivity contribution in [3.63, 3.8) is 0 Å². The van der Waals surface area contributed by atoms with Crippen LogP contribution in [0.15, 0.2) is 18.2 Å². The van der Waals surface area contributed by atoms with Gasteiger partial charge in [0.15, 0.2) is 0 Å². The molecule has 0 heterocycles. The molecule has 0 saturated heterocycles. The van der Waals surface area contributed by atoms with E-state index in [1.807, 2.05) is 0 Å². The number of hydrogen-bond acceptors (Lipinski definition) is 2. The second-order valence-corrected chi connectivity index (χ2v) is 5.33. The van der Waals surface area contributed by atoms with E-state index in [-0.39, 0.29) is 11.9 Å². The first-order chi connectivity index (χ1) is 8.66. The molecule has 4 heteroatoms. The highest BCUT2D eigenvalue weighted by Gasteiger charge is 2.17. The van der Waals surface area contributed by atoms with Gasteiger partial charge in [-0.2, -0.15) is 0 Å². The third kappa shape index (κ3) is 3.39. The lowest BCUT2D eigenvalue weighted by molar-refractivity contribution is 0.0934. The summed E-state index contributed by atoms with van der Waals surface area (Å²) in [4.78, 5) is 12.1. The second-order valence-electron chi connectivity index (χ2n) is 4.89. The van der Waals surface area contributed by atoms with Crippen LogP contribution >= 0.6 is 11.6 Å². The summed E-state index contributed by atoms with van der Waals surface area (Å²) in [6.07, 6.45) is 7.07. The van der Waals surface area contributed by atoms with Crippen molar-refractivity contribution in [2.45, 2.75) is 44.6 Å². The molecular formula is C14H19ClN2O. The van der Waals surface area contributed by atoms with Crippen molar-refractivity contribution in [3.05, 3.63) is 28.8 Å². The highest BCUT2D eigenvalue weighted by atomic mass is 35.5. The molecule has 0 bridgehead atoms. The second kappa shape index (κ2) is 6.10. The summed E-state index contributed by atoms with van der Waals surface area (Å²) in [6.45, 7) is 0. The number of rotatable bonds is 2. The number of hydrogen-bond donors (Lipinski definition) is 2. The summed E-state index contributed by atoms with van der Waals surface area (Å²) in [7, 11) is 0. The fourth-order valence-corrected chi connectivity index (χ4v) is 2.61. The molecule has 3 N–H and O–H groups in total. The SMILES string of the molecule is Nc1cc(Cl)ccc1C(=O)NC1CCCCCC1. The minimum absolute atomic E-state index is 0.0870. The molecule has 18 heavy (non-hydrogen) atoms. The van der Waals surface area contributed by atoms with Crippen molar-refractivity contribution in [3.8, 4) is 0 Å². The van der Waals surface area contributed by atoms with Gasteiger partial charge in [0.05, 0.1) is 5.56 Å². The van der Waals surface area contributed by atoms with Crippen molar-refractivity contribution < 1.29 is 4.79 Å². The fourth-order valence-electron chi connectivity index (χ4n) is 2.43. The predicted octanol–water partition coefficient (Wildman–Crippen LogP) is 3.37. The topological polar surface area (TPSA) is 55.1 Å². The van der Waals surface area contributed by atoms with Crippen LogP contribution in [0.2, 0.25) is 5.02 Å². The van der Waals surface area contributed by atoms with Crippen molar-refractivity contribution >= 4 is 23.2 Å². The van der Waals surface area contributed by atoms with Gasteiger partial charge in [0.1, 0.15) is 0 Å². The Hall–Kier alpha value is -1.22. The van der Waals surface area contributed by atoms with Gasteiger partial charge in [-0.05, 0) is 31.0 Å². The van der Waals surface area contributed by atoms with Crippen molar-refractivity contribution in [1.82, 2.24) is 5.32 Å². The average Bonchev–Trinajstić information content (AvgIpc) is 2.57. The molecule has 98 valence electrons. The van der Waals surface area contributed by atoms with Crippen LogP contribution in [-0.4, -0.2) is 11.9 Å². The Morgan fingerprint density at radius 1 is 1.22 bits per heavy atom. The molecule has 3 nitrogen and oxygen atoms in total. The quantitative estimate of drug-likeness (QED) is 0.637. The maximum atomic E-state index is 12.1. The Morgan fingerprint density at radius 2 is 1.89 bits per heavy atom. The summed E-state index contributed by atoms with van der Waals surface area (Å²) in [5.74, 6) is -0.0870. The summed E-state index contributed by atoms with van der Waals surface area (Å²) < 4.78 is 0. The predicted molar refractivity (Wildman–Crippen MR) is 74.8 cm³/mol. The Bertz CT molecular complexity index is 426. The van der Waals surface area contributed by atoms with Gasteiger partial charge in [-0.25, -0.2) is 0 Å². The Kier molecular flexibility index (Phi) is 4.48. The lowest BCUT2D eigenvalue weighted by atomic mass is 10.1. The van der Waals surface area contributed by atoms with E-state index in [9.17, 15) is 4.79 Å². The van der Waals surface area contributed by atoms with Gasteiger partial charge < -0.3 is 11.1 Å². The standard InChI is InChI=1S/C14H19ClN2O/c15-10-7-8-12(13(16)9-10)14(18)17-11-5-3-1-2-4-6-11/h7-9,11H,1-6,16H2,(H,17,18). The largest absolute Gasteiger partial charge is 0.398 e. The Balaban J connectivity index is 2.02. The molecule has 0 aromatic heterocycles. The zero-order valence-corrected chi connectivity index (χ0v) is 11.2. The molecule has 1 saturated carbocycles. The molecule has 0 aliphatic heterocycles. The van der Waals surface area contributed by atoms with Gasteiger partial charge in [0.25, 0.3) is 5.91 Å². The van der Waals surface area contributed by atoms with Crippen LogP contribution in [0.5, 0.6) is 0 Å². The third-order valence-electron chi connectivity index (χ3n) is 3.45. The normalized spacial score (nSPS) is 17.2. The number of anilines is 1. The number of halogens is 1. The van der Waals surface area contributed by atoms with Crippen LogP contribution in [0.3, 0.4) is 0 Å². The molecule has 1 aliphatic carbocycles. The van der Waals surface area contributed by atoms with Crippen LogP contribution in [0.4, 0.5) is 5.69 Å². The van der Waals surface area contributed by atoms with Gasteiger partial charge in [0.2, 0.25) is 0 Å². The molecule has 1 aromatic rings. The monoisotopic (exact) mass is 266 g/mol. The summed E-state index contributed by atoms with van der Waals surface area (Å²) in [5.41, 5.74) is 6.77. The van der Waals surface area contributed by atoms with E-state index in [0.29, 0.717) is 16.3 Å². The lowest BCUT2D eigenvalue weighted by Crippen LogP contribution is -2.34. The highest BCUT2D eigenvalue weighted by Crippen LogP contribution is 2.20. The summed E-state index contributed by atoms with van der Waals surface area (Å²) >= 11 is 5.82. The van der Waals surface area contributed by atoms with E-state index in [1.54, 1.807) is 18.2 Å². The summed E-state index contributed by atoms with van der Waals surface area (Å²) in [6, 6.07) is 5.28. The highest BCUT2D eigenvalue weighted by molar-refractivity contribution is 6.31. The van der Waals surface area contributed by atoms with Gasteiger partial charge >= 0.3 is 0 Å². The molecule has 0 spiro atoms. The number of amides is 1. The van der Waals surface area contributed by atoms with Gasteiger partial charge in [0, 0.05) is 16.8 Å². The Morgan fingerprint density at radius 3 is 2.50 bits per heavy atom. The van der Waals surface area contributed by atoms with Crippen LogP contribution in [0.1, 0.15) is 48.9 Å². The van der Waals surface area contributed by atoms with Crippen molar-refractivity contribution in [2.75, 3.05) is 5.73 Å². The summed E-state index contributed by atoms with van der Waals surface area (Å²) in [5, 5.41) is 3.63. The van der Waals surface area contributed by atoms with Crippen LogP contribution in [0.25, 0.3) is 0 Å². The number of carbonyl (C=O) groups is 1. The van der Waals surface area contributed by atoms with Gasteiger partial charge in [-0.15, -0.1) is 0 Å². The Labute approximate surface area is 113 Å². The first-order valence-corrected chi connectivity index (χ1v) is 6.90. The van der Waals surface area contributed by atoms with E-state index in [4.69, 9.17) is 17.3 Å². The molecule has 2 rings (SSSR count). The number of nitrogens with one attached hydrogen (secondary N) is 1. The van der Waals surface area contributed by atoms with Gasteiger partial charge in [-0.3, -0.25) is 4.79 Å². The minimum Gasteiger partial charge on any atom is -0.398 e. The molecule has 1 aliphatic rings. The molecule has 1 fully saturated rings. The number of nitrogens with two attached hydrogens (primary N) is 1. The lowest BCUT2D eigenvalue weighted by Gasteiger charge is -2.17. The maximum absolute atomic E-state index is 12.1.